The monoisotopic (exact) mass is 370 g/mol. The number of allylic oxidation sites excluding steroid dienone is 4. The summed E-state index contributed by atoms with van der Waals surface area (Å²) in [5.74, 6) is -0.465. The van der Waals surface area contributed by atoms with E-state index in [0.29, 0.717) is 19.3 Å². The second-order valence-electron chi connectivity index (χ2n) is 7.28. The van der Waals surface area contributed by atoms with Crippen molar-refractivity contribution in [3.05, 3.63) is 60.2 Å². The van der Waals surface area contributed by atoms with Gasteiger partial charge in [-0.2, -0.15) is 0 Å². The molecule has 2 rings (SSSR count). The first-order chi connectivity index (χ1) is 13.1. The zero-order valence-corrected chi connectivity index (χ0v) is 15.8. The van der Waals surface area contributed by atoms with Crippen LogP contribution in [0.2, 0.25) is 0 Å². The first kappa shape index (κ1) is 21.1. The molecule has 0 saturated carbocycles. The van der Waals surface area contributed by atoms with Crippen molar-refractivity contribution >= 4 is 11.8 Å². The van der Waals surface area contributed by atoms with Crippen LogP contribution in [0, 0.1) is 11.8 Å². The number of carbonyl (C=O) groups excluding carboxylic acids is 1. The number of hydrogen-bond acceptors (Lipinski definition) is 3. The normalized spacial score (nSPS) is 20.4. The number of aliphatic carboxylic acids is 1. The molecule has 1 aromatic carbocycles. The molecule has 0 bridgehead atoms. The molecule has 0 unspecified atom stereocenters. The second-order valence-corrected chi connectivity index (χ2v) is 7.28. The van der Waals surface area contributed by atoms with Gasteiger partial charge in [0.15, 0.2) is 5.78 Å². The Balaban J connectivity index is 1.69. The van der Waals surface area contributed by atoms with Crippen LogP contribution in [-0.2, 0) is 16.0 Å². The van der Waals surface area contributed by atoms with E-state index in [0.717, 1.165) is 25.7 Å². The van der Waals surface area contributed by atoms with Crippen molar-refractivity contribution in [3.8, 4) is 0 Å². The fourth-order valence-electron chi connectivity index (χ4n) is 3.51. The number of aliphatic hydroxyl groups excluding tert-OH is 1. The molecule has 0 heterocycles. The number of ketones is 1. The molecule has 1 aliphatic carbocycles. The third-order valence-electron chi connectivity index (χ3n) is 5.15. The lowest BCUT2D eigenvalue weighted by Gasteiger charge is -2.18. The number of aryl methyl sites for hydroxylation is 1. The fraction of sp³-hybridized carbons (Fsp3) is 0.478. The van der Waals surface area contributed by atoms with Crippen molar-refractivity contribution in [3.63, 3.8) is 0 Å². The van der Waals surface area contributed by atoms with Crippen molar-refractivity contribution in [2.24, 2.45) is 11.8 Å². The number of unbranched alkanes of at least 4 members (excludes halogenated alkanes) is 1. The van der Waals surface area contributed by atoms with Crippen LogP contribution in [0.25, 0.3) is 0 Å². The van der Waals surface area contributed by atoms with Crippen LogP contribution >= 0.6 is 0 Å². The quantitative estimate of drug-likeness (QED) is 0.424. The predicted molar refractivity (Wildman–Crippen MR) is 106 cm³/mol. The predicted octanol–water partition coefficient (Wildman–Crippen LogP) is 4.33. The molecule has 3 atom stereocenters. The van der Waals surface area contributed by atoms with Crippen molar-refractivity contribution in [1.29, 1.82) is 0 Å². The van der Waals surface area contributed by atoms with Crippen LogP contribution in [0.15, 0.2) is 54.6 Å². The van der Waals surface area contributed by atoms with Gasteiger partial charge in [0.1, 0.15) is 0 Å². The van der Waals surface area contributed by atoms with E-state index < -0.39 is 5.97 Å². The molecule has 27 heavy (non-hydrogen) atoms. The molecule has 0 aromatic heterocycles. The van der Waals surface area contributed by atoms with Gasteiger partial charge in [0.25, 0.3) is 0 Å². The van der Waals surface area contributed by atoms with E-state index in [1.807, 2.05) is 36.4 Å². The number of carboxylic acids is 1. The van der Waals surface area contributed by atoms with Gasteiger partial charge in [-0.25, -0.2) is 0 Å². The molecule has 2 N–H and O–H groups in total. The van der Waals surface area contributed by atoms with Crippen LogP contribution in [-0.4, -0.2) is 28.1 Å². The van der Waals surface area contributed by atoms with Crippen LogP contribution in [0.3, 0.4) is 0 Å². The standard InChI is InChI=1S/C23H30O4/c24-20(15-12-18-8-4-3-5-9-18)16-13-19-14-17-22(25)21(19)10-6-1-2-7-11-23(26)27/h1,3-6,8-9,14,17,19-21,24H,2,7,10-13,15-16H2,(H,26,27)/b6-1-/t19-,20-,21-/m0/s1. The van der Waals surface area contributed by atoms with Gasteiger partial charge in [-0.1, -0.05) is 48.6 Å². The highest BCUT2D eigenvalue weighted by atomic mass is 16.4. The highest BCUT2D eigenvalue weighted by Gasteiger charge is 2.29. The lowest BCUT2D eigenvalue weighted by Crippen LogP contribution is -2.17. The Labute approximate surface area is 161 Å². The maximum Gasteiger partial charge on any atom is 0.303 e. The van der Waals surface area contributed by atoms with Gasteiger partial charge in [0.05, 0.1) is 6.10 Å². The van der Waals surface area contributed by atoms with Crippen LogP contribution in [0.1, 0.15) is 50.5 Å². The van der Waals surface area contributed by atoms with Gasteiger partial charge in [-0.3, -0.25) is 9.59 Å². The minimum absolute atomic E-state index is 0.0398. The average Bonchev–Trinajstić information content (AvgIpc) is 3.01. The Morgan fingerprint density at radius 2 is 1.93 bits per heavy atom. The summed E-state index contributed by atoms with van der Waals surface area (Å²) in [5, 5.41) is 18.9. The smallest absolute Gasteiger partial charge is 0.303 e. The summed E-state index contributed by atoms with van der Waals surface area (Å²) >= 11 is 0. The highest BCUT2D eigenvalue weighted by molar-refractivity contribution is 5.94. The Bertz CT molecular complexity index is 648. The van der Waals surface area contributed by atoms with E-state index in [-0.39, 0.29) is 30.1 Å². The minimum atomic E-state index is -0.774. The molecular weight excluding hydrogens is 340 g/mol. The largest absolute Gasteiger partial charge is 0.481 e. The van der Waals surface area contributed by atoms with Crippen LogP contribution in [0.5, 0.6) is 0 Å². The number of benzene rings is 1. The zero-order valence-electron chi connectivity index (χ0n) is 15.8. The first-order valence-corrected chi connectivity index (χ1v) is 9.87. The SMILES string of the molecule is O=C(O)CCC/C=C\C[C@@H]1C(=O)C=C[C@@H]1CC[C@@H](O)CCc1ccccc1. The van der Waals surface area contributed by atoms with Gasteiger partial charge in [0, 0.05) is 12.3 Å². The summed E-state index contributed by atoms with van der Waals surface area (Å²) in [6.45, 7) is 0. The summed E-state index contributed by atoms with van der Waals surface area (Å²) in [4.78, 5) is 22.6. The Kier molecular flexibility index (Phi) is 8.99. The molecular formula is C23H30O4. The maximum absolute atomic E-state index is 12.1. The summed E-state index contributed by atoms with van der Waals surface area (Å²) in [6.07, 6.45) is 12.6. The Morgan fingerprint density at radius 3 is 2.67 bits per heavy atom. The Morgan fingerprint density at radius 1 is 1.15 bits per heavy atom. The van der Waals surface area contributed by atoms with E-state index in [1.54, 1.807) is 6.08 Å². The van der Waals surface area contributed by atoms with Gasteiger partial charge in [-0.05, 0) is 62.5 Å². The number of carbonyl (C=O) groups is 2. The molecule has 4 heteroatoms. The van der Waals surface area contributed by atoms with E-state index in [2.05, 4.69) is 12.1 Å². The molecule has 1 aliphatic rings. The molecule has 0 saturated heterocycles. The lowest BCUT2D eigenvalue weighted by molar-refractivity contribution is -0.137. The number of rotatable bonds is 12. The van der Waals surface area contributed by atoms with Gasteiger partial charge >= 0.3 is 5.97 Å². The van der Waals surface area contributed by atoms with Gasteiger partial charge in [0.2, 0.25) is 0 Å². The average molecular weight is 370 g/mol. The lowest BCUT2D eigenvalue weighted by atomic mass is 9.86. The van der Waals surface area contributed by atoms with E-state index in [4.69, 9.17) is 5.11 Å². The van der Waals surface area contributed by atoms with Crippen molar-refractivity contribution in [2.45, 2.75) is 57.5 Å². The second kappa shape index (κ2) is 11.5. The van der Waals surface area contributed by atoms with E-state index in [1.165, 1.54) is 5.56 Å². The maximum atomic E-state index is 12.1. The highest BCUT2D eigenvalue weighted by Crippen LogP contribution is 2.30. The summed E-state index contributed by atoms with van der Waals surface area (Å²) in [5.41, 5.74) is 1.23. The van der Waals surface area contributed by atoms with Gasteiger partial charge in [-0.15, -0.1) is 0 Å². The molecule has 0 spiro atoms. The molecule has 0 amide bonds. The zero-order chi connectivity index (χ0) is 19.5. The molecule has 0 fully saturated rings. The molecule has 4 nitrogen and oxygen atoms in total. The molecule has 1 aromatic rings. The van der Waals surface area contributed by atoms with E-state index >= 15 is 0 Å². The van der Waals surface area contributed by atoms with Crippen LogP contribution < -0.4 is 0 Å². The van der Waals surface area contributed by atoms with Crippen molar-refractivity contribution in [1.82, 2.24) is 0 Å². The number of carboxylic acid groups (broad SMARTS) is 1. The number of aliphatic hydroxyl groups is 1. The number of hydrogen-bond donors (Lipinski definition) is 2. The van der Waals surface area contributed by atoms with E-state index in [9.17, 15) is 14.7 Å². The molecule has 146 valence electrons. The summed E-state index contributed by atoms with van der Waals surface area (Å²) in [7, 11) is 0. The fourth-order valence-corrected chi connectivity index (χ4v) is 3.51. The third-order valence-corrected chi connectivity index (χ3v) is 5.15. The van der Waals surface area contributed by atoms with Crippen LogP contribution in [0.4, 0.5) is 0 Å². The third kappa shape index (κ3) is 7.92. The minimum Gasteiger partial charge on any atom is -0.481 e. The molecule has 0 radical (unpaired) electrons. The Hall–Kier alpha value is -2.20. The first-order valence-electron chi connectivity index (χ1n) is 9.87. The topological polar surface area (TPSA) is 74.6 Å². The van der Waals surface area contributed by atoms with Gasteiger partial charge < -0.3 is 10.2 Å². The van der Waals surface area contributed by atoms with Crippen molar-refractivity contribution in [2.75, 3.05) is 0 Å². The summed E-state index contributed by atoms with van der Waals surface area (Å²) < 4.78 is 0. The molecule has 0 aliphatic heterocycles. The van der Waals surface area contributed by atoms with Crippen molar-refractivity contribution < 1.29 is 19.8 Å². The summed E-state index contributed by atoms with van der Waals surface area (Å²) in [6, 6.07) is 10.2.